The van der Waals surface area contributed by atoms with Gasteiger partial charge in [-0.25, -0.2) is 0 Å². The molecule has 0 aliphatic carbocycles. The second-order valence-corrected chi connectivity index (χ2v) is 5.29. The largest absolute Gasteiger partial charge is 0.349 e. The summed E-state index contributed by atoms with van der Waals surface area (Å²) in [6, 6.07) is 2.38. The summed E-state index contributed by atoms with van der Waals surface area (Å²) in [5.41, 5.74) is 0.498. The van der Waals surface area contributed by atoms with Gasteiger partial charge in [-0.2, -0.15) is 0 Å². The second-order valence-electron chi connectivity index (χ2n) is 4.88. The van der Waals surface area contributed by atoms with Crippen molar-refractivity contribution in [2.75, 3.05) is 13.6 Å². The molecule has 0 saturated carbocycles. The highest BCUT2D eigenvalue weighted by molar-refractivity contribution is 6.33. The fraction of sp³-hybridized carbons (Fsp3) is 0.538. The van der Waals surface area contributed by atoms with Crippen LogP contribution in [-0.4, -0.2) is 41.5 Å². The third-order valence-corrected chi connectivity index (χ3v) is 3.86. The van der Waals surface area contributed by atoms with Crippen LogP contribution in [0.3, 0.4) is 0 Å². The maximum atomic E-state index is 12.1. The third kappa shape index (κ3) is 3.00. The smallest absolute Gasteiger partial charge is 0.253 e. The number of amides is 1. The van der Waals surface area contributed by atoms with Crippen LogP contribution in [0.4, 0.5) is 0 Å². The molecule has 0 spiro atoms. The Hall–Kier alpha value is -1.13. The van der Waals surface area contributed by atoms with Gasteiger partial charge in [0.2, 0.25) is 0 Å². The standard InChI is InChI=1S/C13H18ClN3O/c1-9-7-10(4-6-17(9)2)16-13(18)11-3-5-15-8-12(11)14/h3,5,8-10H,4,6-7H2,1-2H3,(H,16,18). The average Bonchev–Trinajstić information content (AvgIpc) is 2.34. The van der Waals surface area contributed by atoms with Crippen molar-refractivity contribution in [3.05, 3.63) is 29.0 Å². The van der Waals surface area contributed by atoms with Crippen LogP contribution in [0.15, 0.2) is 18.5 Å². The number of nitrogens with zero attached hydrogens (tertiary/aromatic N) is 2. The van der Waals surface area contributed by atoms with E-state index in [0.29, 0.717) is 16.6 Å². The van der Waals surface area contributed by atoms with E-state index >= 15 is 0 Å². The molecule has 4 nitrogen and oxygen atoms in total. The van der Waals surface area contributed by atoms with Gasteiger partial charge in [0.25, 0.3) is 5.91 Å². The van der Waals surface area contributed by atoms with Crippen LogP contribution >= 0.6 is 11.6 Å². The summed E-state index contributed by atoms with van der Waals surface area (Å²) < 4.78 is 0. The van der Waals surface area contributed by atoms with Crippen LogP contribution in [0.5, 0.6) is 0 Å². The van der Waals surface area contributed by atoms with E-state index in [1.54, 1.807) is 12.3 Å². The molecular weight excluding hydrogens is 250 g/mol. The van der Waals surface area contributed by atoms with Gasteiger partial charge < -0.3 is 10.2 Å². The topological polar surface area (TPSA) is 45.2 Å². The average molecular weight is 268 g/mol. The second kappa shape index (κ2) is 5.67. The Balaban J connectivity index is 1.98. The lowest BCUT2D eigenvalue weighted by Crippen LogP contribution is -2.47. The lowest BCUT2D eigenvalue weighted by atomic mass is 9.98. The molecule has 98 valence electrons. The summed E-state index contributed by atoms with van der Waals surface area (Å²) in [5.74, 6) is -0.107. The number of hydrogen-bond acceptors (Lipinski definition) is 3. The summed E-state index contributed by atoms with van der Waals surface area (Å²) in [6.07, 6.45) is 5.03. The minimum atomic E-state index is -0.107. The molecular formula is C13H18ClN3O. The zero-order chi connectivity index (χ0) is 13.1. The van der Waals surface area contributed by atoms with E-state index in [9.17, 15) is 4.79 Å². The monoisotopic (exact) mass is 267 g/mol. The third-order valence-electron chi connectivity index (χ3n) is 3.56. The predicted molar refractivity (Wildman–Crippen MR) is 71.8 cm³/mol. The number of rotatable bonds is 2. The lowest BCUT2D eigenvalue weighted by Gasteiger charge is -2.35. The van der Waals surface area contributed by atoms with Gasteiger partial charge >= 0.3 is 0 Å². The first kappa shape index (κ1) is 13.3. The summed E-state index contributed by atoms with van der Waals surface area (Å²) in [4.78, 5) is 18.3. The van der Waals surface area contributed by atoms with Gasteiger partial charge in [0.1, 0.15) is 0 Å². The van der Waals surface area contributed by atoms with Crippen molar-refractivity contribution in [1.29, 1.82) is 0 Å². The zero-order valence-electron chi connectivity index (χ0n) is 10.7. The number of halogens is 1. The van der Waals surface area contributed by atoms with Crippen LogP contribution in [0, 0.1) is 0 Å². The molecule has 1 saturated heterocycles. The molecule has 2 rings (SSSR count). The SMILES string of the molecule is CC1CC(NC(=O)c2ccncc2Cl)CCN1C. The summed E-state index contributed by atoms with van der Waals surface area (Å²) in [6.45, 7) is 3.19. The van der Waals surface area contributed by atoms with Crippen molar-refractivity contribution >= 4 is 17.5 Å². The highest BCUT2D eigenvalue weighted by Gasteiger charge is 2.24. The zero-order valence-corrected chi connectivity index (χ0v) is 11.4. The molecule has 2 atom stereocenters. The van der Waals surface area contributed by atoms with Crippen molar-refractivity contribution < 1.29 is 4.79 Å². The van der Waals surface area contributed by atoms with E-state index in [-0.39, 0.29) is 11.9 Å². The minimum Gasteiger partial charge on any atom is -0.349 e. The number of carbonyl (C=O) groups is 1. The van der Waals surface area contributed by atoms with Crippen molar-refractivity contribution in [1.82, 2.24) is 15.2 Å². The molecule has 5 heteroatoms. The molecule has 1 aliphatic rings. The predicted octanol–water partition coefficient (Wildman–Crippen LogP) is 1.95. The summed E-state index contributed by atoms with van der Waals surface area (Å²) in [7, 11) is 2.11. The van der Waals surface area contributed by atoms with Crippen molar-refractivity contribution in [3.63, 3.8) is 0 Å². The fourth-order valence-corrected chi connectivity index (χ4v) is 2.45. The van der Waals surface area contributed by atoms with Crippen molar-refractivity contribution in [3.8, 4) is 0 Å². The first-order valence-electron chi connectivity index (χ1n) is 6.18. The maximum absolute atomic E-state index is 12.1. The van der Waals surface area contributed by atoms with Crippen LogP contribution in [0.1, 0.15) is 30.1 Å². The molecule has 18 heavy (non-hydrogen) atoms. The van der Waals surface area contributed by atoms with Gasteiger partial charge in [0, 0.05) is 31.0 Å². The normalized spacial score (nSPS) is 24.8. The molecule has 1 aromatic rings. The van der Waals surface area contributed by atoms with E-state index in [2.05, 4.69) is 29.2 Å². The van der Waals surface area contributed by atoms with Crippen LogP contribution in [0.25, 0.3) is 0 Å². The Morgan fingerprint density at radius 3 is 3.06 bits per heavy atom. The van der Waals surface area contributed by atoms with Gasteiger partial charge in [-0.1, -0.05) is 11.6 Å². The minimum absolute atomic E-state index is 0.107. The summed E-state index contributed by atoms with van der Waals surface area (Å²) in [5, 5.41) is 3.45. The molecule has 0 radical (unpaired) electrons. The van der Waals surface area contributed by atoms with Gasteiger partial charge in [-0.15, -0.1) is 0 Å². The Labute approximate surface area is 112 Å². The van der Waals surface area contributed by atoms with E-state index in [0.717, 1.165) is 19.4 Å². The Kier molecular flexibility index (Phi) is 4.19. The quantitative estimate of drug-likeness (QED) is 0.891. The number of carbonyl (C=O) groups excluding carboxylic acids is 1. The van der Waals surface area contributed by atoms with Gasteiger partial charge in [0.05, 0.1) is 10.6 Å². The number of likely N-dealkylation sites (tertiary alicyclic amines) is 1. The van der Waals surface area contributed by atoms with Crippen molar-refractivity contribution in [2.45, 2.75) is 31.8 Å². The highest BCUT2D eigenvalue weighted by Crippen LogP contribution is 2.17. The lowest BCUT2D eigenvalue weighted by molar-refractivity contribution is 0.0896. The number of aromatic nitrogens is 1. The molecule has 2 unspecified atom stereocenters. The maximum Gasteiger partial charge on any atom is 0.253 e. The Morgan fingerprint density at radius 2 is 2.39 bits per heavy atom. The molecule has 1 amide bonds. The number of hydrogen-bond donors (Lipinski definition) is 1. The molecule has 1 N–H and O–H groups in total. The van der Waals surface area contributed by atoms with Gasteiger partial charge in [-0.05, 0) is 32.9 Å². The number of piperidine rings is 1. The highest BCUT2D eigenvalue weighted by atomic mass is 35.5. The van der Waals surface area contributed by atoms with Gasteiger partial charge in [0.15, 0.2) is 0 Å². The molecule has 1 aromatic heterocycles. The molecule has 2 heterocycles. The summed E-state index contributed by atoms with van der Waals surface area (Å²) >= 11 is 5.96. The Morgan fingerprint density at radius 1 is 1.61 bits per heavy atom. The van der Waals surface area contributed by atoms with E-state index in [4.69, 9.17) is 11.6 Å². The number of pyridine rings is 1. The van der Waals surface area contributed by atoms with E-state index in [1.165, 1.54) is 6.20 Å². The Bertz CT molecular complexity index is 438. The number of nitrogens with one attached hydrogen (secondary N) is 1. The first-order chi connectivity index (χ1) is 8.58. The molecule has 0 bridgehead atoms. The first-order valence-corrected chi connectivity index (χ1v) is 6.56. The fourth-order valence-electron chi connectivity index (χ4n) is 2.24. The van der Waals surface area contributed by atoms with E-state index in [1.807, 2.05) is 0 Å². The molecule has 1 aliphatic heterocycles. The van der Waals surface area contributed by atoms with Crippen molar-refractivity contribution in [2.24, 2.45) is 0 Å². The van der Waals surface area contributed by atoms with Crippen LogP contribution in [0.2, 0.25) is 5.02 Å². The van der Waals surface area contributed by atoms with E-state index < -0.39 is 0 Å². The van der Waals surface area contributed by atoms with Crippen LogP contribution in [-0.2, 0) is 0 Å². The van der Waals surface area contributed by atoms with Gasteiger partial charge in [-0.3, -0.25) is 9.78 Å². The molecule has 1 fully saturated rings. The molecule has 0 aromatic carbocycles. The van der Waals surface area contributed by atoms with Crippen LogP contribution < -0.4 is 5.32 Å².